The van der Waals surface area contributed by atoms with Gasteiger partial charge in [-0.25, -0.2) is 4.39 Å². The minimum absolute atomic E-state index is 0.249. The highest BCUT2D eigenvalue weighted by Crippen LogP contribution is 2.28. The van der Waals surface area contributed by atoms with Gasteiger partial charge in [0, 0.05) is 10.6 Å². The topological polar surface area (TPSA) is 33.0 Å². The van der Waals surface area contributed by atoms with E-state index in [1.807, 2.05) is 12.1 Å². The molecular weight excluding hydrogens is 384 g/mol. The second-order valence-electron chi connectivity index (χ2n) is 5.79. The number of halogens is 3. The molecule has 0 aromatic heterocycles. The number of benzene rings is 3. The number of ether oxygens (including phenoxy) is 1. The minimum Gasteiger partial charge on any atom is -0.489 e. The molecule has 0 bridgehead atoms. The predicted molar refractivity (Wildman–Crippen MR) is 107 cm³/mol. The summed E-state index contributed by atoms with van der Waals surface area (Å²) < 4.78 is 19.0. The van der Waals surface area contributed by atoms with Crippen molar-refractivity contribution in [2.24, 2.45) is 0 Å². The Balaban J connectivity index is 1.81. The van der Waals surface area contributed by atoms with Crippen LogP contribution in [-0.4, -0.2) is 0 Å². The Morgan fingerprint density at radius 3 is 2.59 bits per heavy atom. The summed E-state index contributed by atoms with van der Waals surface area (Å²) in [6.07, 6.45) is 1.73. The van der Waals surface area contributed by atoms with E-state index in [1.165, 1.54) is 12.1 Å². The smallest absolute Gasteiger partial charge is 0.123 e. The molecule has 0 radical (unpaired) electrons. The van der Waals surface area contributed by atoms with Crippen molar-refractivity contribution in [3.63, 3.8) is 0 Å². The minimum atomic E-state index is -0.300. The van der Waals surface area contributed by atoms with Crippen LogP contribution in [0.5, 0.6) is 5.75 Å². The van der Waals surface area contributed by atoms with E-state index in [-0.39, 0.29) is 12.4 Å². The number of rotatable bonds is 5. The first kappa shape index (κ1) is 19.0. The Morgan fingerprint density at radius 2 is 1.85 bits per heavy atom. The van der Waals surface area contributed by atoms with E-state index in [9.17, 15) is 9.65 Å². The fourth-order valence-corrected chi connectivity index (χ4v) is 3.04. The van der Waals surface area contributed by atoms with E-state index >= 15 is 0 Å². The van der Waals surface area contributed by atoms with Gasteiger partial charge >= 0.3 is 0 Å². The zero-order valence-corrected chi connectivity index (χ0v) is 15.6. The van der Waals surface area contributed by atoms with Gasteiger partial charge in [0.1, 0.15) is 18.2 Å². The fraction of sp³-hybridized carbons (Fsp3) is 0.0455. The van der Waals surface area contributed by atoms with Crippen LogP contribution >= 0.6 is 23.2 Å². The van der Waals surface area contributed by atoms with E-state index in [4.69, 9.17) is 27.9 Å². The number of hydrogen-bond acceptors (Lipinski definition) is 2. The molecule has 0 saturated heterocycles. The van der Waals surface area contributed by atoms with E-state index in [2.05, 4.69) is 6.07 Å². The van der Waals surface area contributed by atoms with Crippen molar-refractivity contribution < 1.29 is 9.13 Å². The third-order valence-corrected chi connectivity index (χ3v) is 4.35. The maximum atomic E-state index is 13.2. The Kier molecular flexibility index (Phi) is 6.13. The summed E-state index contributed by atoms with van der Waals surface area (Å²) in [4.78, 5) is 0. The number of nitrogens with zero attached hydrogens (tertiary/aromatic N) is 1. The Labute approximate surface area is 167 Å². The van der Waals surface area contributed by atoms with Crippen molar-refractivity contribution in [3.05, 3.63) is 99.3 Å². The molecule has 134 valence electrons. The Hall–Kier alpha value is -2.80. The SMILES string of the molecule is N#C/C(=C\c1cccc(OCc2cccc(F)c2)c1)c1ccc(Cl)cc1Cl. The average Bonchev–Trinajstić information content (AvgIpc) is 2.65. The lowest BCUT2D eigenvalue weighted by Crippen LogP contribution is -1.96. The summed E-state index contributed by atoms with van der Waals surface area (Å²) in [6, 6.07) is 20.7. The quantitative estimate of drug-likeness (QED) is 0.351. The van der Waals surface area contributed by atoms with Crippen LogP contribution in [0.4, 0.5) is 4.39 Å². The molecule has 0 amide bonds. The Morgan fingerprint density at radius 1 is 1.04 bits per heavy atom. The van der Waals surface area contributed by atoms with Crippen LogP contribution in [0.1, 0.15) is 16.7 Å². The van der Waals surface area contributed by atoms with Crippen molar-refractivity contribution in [1.82, 2.24) is 0 Å². The van der Waals surface area contributed by atoms with E-state index in [1.54, 1.807) is 48.5 Å². The molecule has 0 heterocycles. The van der Waals surface area contributed by atoms with Crippen LogP contribution in [-0.2, 0) is 6.61 Å². The zero-order valence-electron chi connectivity index (χ0n) is 14.1. The first-order valence-corrected chi connectivity index (χ1v) is 8.85. The molecule has 0 fully saturated rings. The molecule has 0 saturated carbocycles. The van der Waals surface area contributed by atoms with E-state index in [0.29, 0.717) is 26.9 Å². The van der Waals surface area contributed by atoms with E-state index < -0.39 is 0 Å². The van der Waals surface area contributed by atoms with Crippen LogP contribution < -0.4 is 4.74 Å². The third kappa shape index (κ3) is 5.10. The highest BCUT2D eigenvalue weighted by Gasteiger charge is 2.07. The van der Waals surface area contributed by atoms with Crippen LogP contribution in [0.2, 0.25) is 10.0 Å². The van der Waals surface area contributed by atoms with Gasteiger partial charge in [-0.1, -0.05) is 53.5 Å². The van der Waals surface area contributed by atoms with Gasteiger partial charge in [-0.2, -0.15) is 5.26 Å². The standard InChI is InChI=1S/C22H14Cl2FNO/c23-18-7-8-21(22(24)12-18)17(13-26)9-15-3-2-6-20(11-15)27-14-16-4-1-5-19(25)10-16/h1-12H,14H2/b17-9+. The highest BCUT2D eigenvalue weighted by molar-refractivity contribution is 6.36. The van der Waals surface area contributed by atoms with Gasteiger partial charge in [-0.05, 0) is 53.6 Å². The summed E-state index contributed by atoms with van der Waals surface area (Å²) in [7, 11) is 0. The molecule has 3 aromatic carbocycles. The van der Waals surface area contributed by atoms with Crippen LogP contribution in [0, 0.1) is 17.1 Å². The molecule has 0 spiro atoms. The average molecular weight is 398 g/mol. The molecule has 0 aliphatic heterocycles. The second-order valence-corrected chi connectivity index (χ2v) is 6.63. The third-order valence-electron chi connectivity index (χ3n) is 3.81. The number of nitriles is 1. The van der Waals surface area contributed by atoms with Gasteiger partial charge in [-0.15, -0.1) is 0 Å². The van der Waals surface area contributed by atoms with Crippen molar-refractivity contribution in [2.75, 3.05) is 0 Å². The molecule has 0 N–H and O–H groups in total. The molecule has 0 aliphatic carbocycles. The van der Waals surface area contributed by atoms with Crippen LogP contribution in [0.25, 0.3) is 11.6 Å². The first-order valence-electron chi connectivity index (χ1n) is 8.10. The molecule has 0 unspecified atom stereocenters. The van der Waals surface area contributed by atoms with Crippen molar-refractivity contribution in [1.29, 1.82) is 5.26 Å². The maximum absolute atomic E-state index is 13.2. The summed E-state index contributed by atoms with van der Waals surface area (Å²) in [5.41, 5.74) is 2.55. The van der Waals surface area contributed by atoms with Gasteiger partial charge in [0.05, 0.1) is 16.7 Å². The normalized spacial score (nSPS) is 11.1. The molecule has 27 heavy (non-hydrogen) atoms. The molecule has 2 nitrogen and oxygen atoms in total. The molecule has 5 heteroatoms. The molecule has 3 rings (SSSR count). The monoisotopic (exact) mass is 397 g/mol. The Bertz CT molecular complexity index is 1040. The van der Waals surface area contributed by atoms with Gasteiger partial charge in [0.15, 0.2) is 0 Å². The molecular formula is C22H14Cl2FNO. The first-order chi connectivity index (χ1) is 13.0. The lowest BCUT2D eigenvalue weighted by Gasteiger charge is -2.08. The van der Waals surface area contributed by atoms with Crippen molar-refractivity contribution >= 4 is 34.9 Å². The summed E-state index contributed by atoms with van der Waals surface area (Å²) in [6.45, 7) is 0.249. The predicted octanol–water partition coefficient (Wildman–Crippen LogP) is 6.78. The zero-order chi connectivity index (χ0) is 19.2. The second kappa shape index (κ2) is 8.73. The lowest BCUT2D eigenvalue weighted by molar-refractivity contribution is 0.305. The highest BCUT2D eigenvalue weighted by atomic mass is 35.5. The van der Waals surface area contributed by atoms with Gasteiger partial charge in [-0.3, -0.25) is 0 Å². The number of allylic oxidation sites excluding steroid dienone is 1. The van der Waals surface area contributed by atoms with Gasteiger partial charge < -0.3 is 4.74 Å². The van der Waals surface area contributed by atoms with Gasteiger partial charge in [0.2, 0.25) is 0 Å². The van der Waals surface area contributed by atoms with Crippen LogP contribution in [0.15, 0.2) is 66.7 Å². The summed E-state index contributed by atoms with van der Waals surface area (Å²) in [5.74, 6) is 0.318. The molecule has 3 aromatic rings. The summed E-state index contributed by atoms with van der Waals surface area (Å²) in [5, 5.41) is 10.4. The largest absolute Gasteiger partial charge is 0.489 e. The fourth-order valence-electron chi connectivity index (χ4n) is 2.53. The molecule has 0 atom stereocenters. The number of hydrogen-bond donors (Lipinski definition) is 0. The van der Waals surface area contributed by atoms with E-state index in [0.717, 1.165) is 11.1 Å². The summed E-state index contributed by atoms with van der Waals surface area (Å²) >= 11 is 12.1. The van der Waals surface area contributed by atoms with Crippen LogP contribution in [0.3, 0.4) is 0 Å². The van der Waals surface area contributed by atoms with Crippen molar-refractivity contribution in [3.8, 4) is 11.8 Å². The lowest BCUT2D eigenvalue weighted by atomic mass is 10.0. The molecule has 0 aliphatic rings. The van der Waals surface area contributed by atoms with Crippen molar-refractivity contribution in [2.45, 2.75) is 6.61 Å². The maximum Gasteiger partial charge on any atom is 0.123 e. The van der Waals surface area contributed by atoms with Gasteiger partial charge in [0.25, 0.3) is 0 Å².